The molecule has 1 aromatic carbocycles. The van der Waals surface area contributed by atoms with Crippen molar-refractivity contribution in [1.82, 2.24) is 0 Å². The summed E-state index contributed by atoms with van der Waals surface area (Å²) in [5.74, 6) is -0.568. The zero-order valence-electron chi connectivity index (χ0n) is 11.1. The van der Waals surface area contributed by atoms with Crippen LogP contribution in [0.3, 0.4) is 0 Å². The van der Waals surface area contributed by atoms with Crippen LogP contribution in [-0.4, -0.2) is 17.6 Å². The molecule has 0 spiro atoms. The second-order valence-corrected chi connectivity index (χ2v) is 5.66. The average Bonchev–Trinajstić information content (AvgIpc) is 2.66. The highest BCUT2D eigenvalue weighted by Gasteiger charge is 2.32. The van der Waals surface area contributed by atoms with E-state index in [1.165, 1.54) is 0 Å². The van der Waals surface area contributed by atoms with Crippen molar-refractivity contribution in [2.45, 2.75) is 45.8 Å². The Hall–Kier alpha value is -1.58. The van der Waals surface area contributed by atoms with Gasteiger partial charge in [0.2, 0.25) is 0 Å². The van der Waals surface area contributed by atoms with Crippen molar-refractivity contribution in [3.8, 4) is 0 Å². The van der Waals surface area contributed by atoms with Crippen molar-refractivity contribution in [3.63, 3.8) is 0 Å². The van der Waals surface area contributed by atoms with E-state index in [0.717, 1.165) is 0 Å². The molecule has 1 heterocycles. The molecule has 1 unspecified atom stereocenters. The van der Waals surface area contributed by atoms with Gasteiger partial charge in [0.05, 0.1) is 0 Å². The first kappa shape index (κ1) is 12.9. The Labute approximate surface area is 106 Å². The van der Waals surface area contributed by atoms with E-state index in [0.29, 0.717) is 23.2 Å². The summed E-state index contributed by atoms with van der Waals surface area (Å²) in [6.45, 7) is 7.17. The Bertz CT molecular complexity index is 491. The molecule has 4 heteroatoms. The van der Waals surface area contributed by atoms with Gasteiger partial charge >= 0.3 is 5.97 Å². The summed E-state index contributed by atoms with van der Waals surface area (Å²) < 4.78 is 19.2. The van der Waals surface area contributed by atoms with Crippen LogP contribution in [0.5, 0.6) is 0 Å². The summed E-state index contributed by atoms with van der Waals surface area (Å²) in [6.07, 6.45) is 0.345. The number of benzene rings is 1. The van der Waals surface area contributed by atoms with E-state index in [9.17, 15) is 9.18 Å². The van der Waals surface area contributed by atoms with Crippen molar-refractivity contribution in [2.75, 3.05) is 5.32 Å². The lowest BCUT2D eigenvalue weighted by Gasteiger charge is -2.22. The summed E-state index contributed by atoms with van der Waals surface area (Å²) in [5.41, 5.74) is 1.34. The Morgan fingerprint density at radius 3 is 2.72 bits per heavy atom. The number of anilines is 1. The number of aryl methyl sites for hydroxylation is 1. The number of nitrogens with one attached hydrogen (secondary N) is 1. The number of esters is 1. The largest absolute Gasteiger partial charge is 0.458 e. The summed E-state index contributed by atoms with van der Waals surface area (Å²) in [7, 11) is 0. The number of halogens is 1. The third kappa shape index (κ3) is 2.47. The first-order valence-electron chi connectivity index (χ1n) is 6.05. The summed E-state index contributed by atoms with van der Waals surface area (Å²) in [5, 5.41) is 3.01. The van der Waals surface area contributed by atoms with E-state index in [1.54, 1.807) is 19.1 Å². The van der Waals surface area contributed by atoms with E-state index in [2.05, 4.69) is 5.32 Å². The number of ether oxygens (including phenoxy) is 1. The molecule has 2 rings (SSSR count). The third-order valence-electron chi connectivity index (χ3n) is 2.87. The molecule has 1 aliphatic rings. The van der Waals surface area contributed by atoms with Crippen molar-refractivity contribution in [1.29, 1.82) is 0 Å². The number of hydrogen-bond donors (Lipinski definition) is 1. The van der Waals surface area contributed by atoms with Crippen molar-refractivity contribution in [2.24, 2.45) is 0 Å². The van der Waals surface area contributed by atoms with Gasteiger partial charge in [0.15, 0.2) is 0 Å². The van der Waals surface area contributed by atoms with E-state index < -0.39 is 11.6 Å². The Morgan fingerprint density at radius 1 is 1.44 bits per heavy atom. The van der Waals surface area contributed by atoms with E-state index in [4.69, 9.17) is 4.74 Å². The van der Waals surface area contributed by atoms with Gasteiger partial charge in [0.1, 0.15) is 17.5 Å². The number of hydrogen-bond acceptors (Lipinski definition) is 3. The number of carbonyl (C=O) groups is 1. The van der Waals surface area contributed by atoms with Crippen LogP contribution in [0.1, 0.15) is 31.9 Å². The molecule has 1 aliphatic heterocycles. The highest BCUT2D eigenvalue weighted by Crippen LogP contribution is 2.30. The van der Waals surface area contributed by atoms with Crippen LogP contribution >= 0.6 is 0 Å². The van der Waals surface area contributed by atoms with Crippen LogP contribution in [0.25, 0.3) is 0 Å². The molecule has 0 saturated heterocycles. The fourth-order valence-corrected chi connectivity index (χ4v) is 2.03. The molecule has 0 amide bonds. The maximum atomic E-state index is 13.9. The number of fused-ring (bicyclic) bond motifs is 1. The maximum Gasteiger partial charge on any atom is 0.329 e. The van der Waals surface area contributed by atoms with Gasteiger partial charge in [0.25, 0.3) is 0 Å². The van der Waals surface area contributed by atoms with Crippen LogP contribution in [0.2, 0.25) is 0 Å². The highest BCUT2D eigenvalue weighted by atomic mass is 19.1. The minimum atomic E-state index is -0.526. The molecule has 0 fully saturated rings. The fraction of sp³-hybridized carbons (Fsp3) is 0.500. The Morgan fingerprint density at radius 2 is 2.11 bits per heavy atom. The lowest BCUT2D eigenvalue weighted by atomic mass is 10.1. The standard InChI is InChI=1S/C14H18FNO2/c1-8-5-6-10-9(12(8)15)7-11(16-10)13(17)18-14(2,3)4/h5-6,11,16H,7H2,1-4H3. The predicted octanol–water partition coefficient (Wildman–Crippen LogP) is 2.81. The van der Waals surface area contributed by atoms with E-state index in [-0.39, 0.29) is 11.8 Å². The van der Waals surface area contributed by atoms with Gasteiger partial charge in [-0.3, -0.25) is 0 Å². The SMILES string of the molecule is Cc1ccc2c(c1F)CC(C(=O)OC(C)(C)C)N2. The lowest BCUT2D eigenvalue weighted by molar-refractivity contribution is -0.155. The molecule has 18 heavy (non-hydrogen) atoms. The van der Waals surface area contributed by atoms with Gasteiger partial charge in [0, 0.05) is 17.7 Å². The minimum Gasteiger partial charge on any atom is -0.458 e. The zero-order valence-corrected chi connectivity index (χ0v) is 11.1. The van der Waals surface area contributed by atoms with E-state index in [1.807, 2.05) is 20.8 Å². The van der Waals surface area contributed by atoms with Crippen LogP contribution in [0.15, 0.2) is 12.1 Å². The molecule has 3 nitrogen and oxygen atoms in total. The summed E-state index contributed by atoms with van der Waals surface area (Å²) in [4.78, 5) is 11.9. The fourth-order valence-electron chi connectivity index (χ4n) is 2.03. The second-order valence-electron chi connectivity index (χ2n) is 5.66. The summed E-state index contributed by atoms with van der Waals surface area (Å²) in [6, 6.07) is 3.02. The van der Waals surface area contributed by atoms with Crippen molar-refractivity contribution in [3.05, 3.63) is 29.1 Å². The molecule has 0 saturated carbocycles. The molecule has 0 aromatic heterocycles. The molecular formula is C14H18FNO2. The Balaban J connectivity index is 2.15. The average molecular weight is 251 g/mol. The van der Waals surface area contributed by atoms with Gasteiger partial charge < -0.3 is 10.1 Å². The van der Waals surface area contributed by atoms with Gasteiger partial charge in [-0.25, -0.2) is 9.18 Å². The summed E-state index contributed by atoms with van der Waals surface area (Å²) >= 11 is 0. The number of rotatable bonds is 1. The van der Waals surface area contributed by atoms with Crippen LogP contribution in [-0.2, 0) is 16.0 Å². The first-order chi connectivity index (χ1) is 8.28. The minimum absolute atomic E-state index is 0.231. The molecule has 1 aromatic rings. The molecule has 98 valence electrons. The highest BCUT2D eigenvalue weighted by molar-refractivity contribution is 5.83. The van der Waals surface area contributed by atoms with Crippen LogP contribution in [0.4, 0.5) is 10.1 Å². The monoisotopic (exact) mass is 251 g/mol. The number of carbonyl (C=O) groups excluding carboxylic acids is 1. The van der Waals surface area contributed by atoms with Crippen LogP contribution in [0, 0.1) is 12.7 Å². The molecule has 0 aliphatic carbocycles. The Kier molecular flexibility index (Phi) is 3.05. The maximum absolute atomic E-state index is 13.9. The lowest BCUT2D eigenvalue weighted by Crippen LogP contribution is -2.35. The normalized spacial score (nSPS) is 18.2. The van der Waals surface area contributed by atoms with Gasteiger partial charge in [-0.1, -0.05) is 6.07 Å². The topological polar surface area (TPSA) is 38.3 Å². The third-order valence-corrected chi connectivity index (χ3v) is 2.87. The molecule has 1 N–H and O–H groups in total. The van der Waals surface area contributed by atoms with Crippen molar-refractivity contribution >= 4 is 11.7 Å². The van der Waals surface area contributed by atoms with Gasteiger partial charge in [-0.05, 0) is 39.3 Å². The second kappa shape index (κ2) is 4.26. The zero-order chi connectivity index (χ0) is 13.5. The van der Waals surface area contributed by atoms with Crippen molar-refractivity contribution < 1.29 is 13.9 Å². The molecule has 0 radical (unpaired) electrons. The molecular weight excluding hydrogens is 233 g/mol. The van der Waals surface area contributed by atoms with Crippen LogP contribution < -0.4 is 5.32 Å². The quantitative estimate of drug-likeness (QED) is 0.780. The molecule has 0 bridgehead atoms. The predicted molar refractivity (Wildman–Crippen MR) is 68.1 cm³/mol. The first-order valence-corrected chi connectivity index (χ1v) is 6.05. The van der Waals surface area contributed by atoms with Gasteiger partial charge in [-0.15, -0.1) is 0 Å². The van der Waals surface area contributed by atoms with Gasteiger partial charge in [-0.2, -0.15) is 0 Å². The van der Waals surface area contributed by atoms with E-state index >= 15 is 0 Å². The smallest absolute Gasteiger partial charge is 0.329 e. The molecule has 1 atom stereocenters.